The lowest BCUT2D eigenvalue weighted by molar-refractivity contribution is -0.136. The molecule has 0 saturated carbocycles. The number of aliphatic carboxylic acids is 1. The number of hydrogen-bond donors (Lipinski definition) is 2. The van der Waals surface area contributed by atoms with Gasteiger partial charge in [-0.15, -0.1) is 0 Å². The molecular formula is C10H12O4. The molecule has 0 unspecified atom stereocenters. The smallest absolute Gasteiger partial charge is 0.307 e. The van der Waals surface area contributed by atoms with Crippen LogP contribution in [0.4, 0.5) is 0 Å². The number of carboxylic acid groups (broad SMARTS) is 1. The lowest BCUT2D eigenvalue weighted by Gasteiger charge is -2.08. The summed E-state index contributed by atoms with van der Waals surface area (Å²) in [5.74, 6) is -0.558. The highest BCUT2D eigenvalue weighted by molar-refractivity contribution is 5.71. The van der Waals surface area contributed by atoms with Crippen LogP contribution in [0.2, 0.25) is 0 Å². The molecule has 0 spiro atoms. The Kier molecular flexibility index (Phi) is 2.96. The zero-order valence-electron chi connectivity index (χ0n) is 8.07. The molecule has 4 nitrogen and oxygen atoms in total. The molecule has 0 saturated heterocycles. The molecule has 2 N–H and O–H groups in total. The van der Waals surface area contributed by atoms with Crippen LogP contribution in [0, 0.1) is 6.92 Å². The van der Waals surface area contributed by atoms with Crippen molar-refractivity contribution in [3.63, 3.8) is 0 Å². The molecule has 0 amide bonds. The van der Waals surface area contributed by atoms with Gasteiger partial charge in [-0.05, 0) is 24.1 Å². The monoisotopic (exact) mass is 196 g/mol. The SMILES string of the molecule is COc1c(C)cc(CC(=O)O)cc1O. The second-order valence-corrected chi connectivity index (χ2v) is 3.04. The van der Waals surface area contributed by atoms with E-state index in [0.717, 1.165) is 5.56 Å². The number of hydrogen-bond acceptors (Lipinski definition) is 3. The Morgan fingerprint density at radius 2 is 2.14 bits per heavy atom. The summed E-state index contributed by atoms with van der Waals surface area (Å²) in [7, 11) is 1.46. The maximum atomic E-state index is 10.4. The number of carbonyl (C=O) groups is 1. The third kappa shape index (κ3) is 2.16. The third-order valence-electron chi connectivity index (χ3n) is 1.87. The van der Waals surface area contributed by atoms with Crippen molar-refractivity contribution in [2.75, 3.05) is 7.11 Å². The van der Waals surface area contributed by atoms with Crippen LogP contribution in [0.5, 0.6) is 11.5 Å². The number of aryl methyl sites for hydroxylation is 1. The lowest BCUT2D eigenvalue weighted by atomic mass is 10.1. The Balaban J connectivity index is 3.07. The summed E-state index contributed by atoms with van der Waals surface area (Å²) in [6.07, 6.45) is -0.0988. The van der Waals surface area contributed by atoms with E-state index in [4.69, 9.17) is 9.84 Å². The molecular weight excluding hydrogens is 184 g/mol. The molecule has 0 atom stereocenters. The number of benzene rings is 1. The predicted octanol–water partition coefficient (Wildman–Crippen LogP) is 1.34. The van der Waals surface area contributed by atoms with E-state index in [9.17, 15) is 9.90 Å². The molecule has 0 aliphatic carbocycles. The summed E-state index contributed by atoms with van der Waals surface area (Å²) in [5.41, 5.74) is 1.29. The molecule has 0 fully saturated rings. The summed E-state index contributed by atoms with van der Waals surface area (Å²) in [6, 6.07) is 3.09. The fourth-order valence-electron chi connectivity index (χ4n) is 1.37. The Bertz CT molecular complexity index is 334. The normalized spacial score (nSPS) is 9.86. The van der Waals surface area contributed by atoms with E-state index >= 15 is 0 Å². The summed E-state index contributed by atoms with van der Waals surface area (Å²) < 4.78 is 4.94. The summed E-state index contributed by atoms with van der Waals surface area (Å²) in [6.45, 7) is 1.75. The van der Waals surface area contributed by atoms with Crippen LogP contribution in [0.1, 0.15) is 11.1 Å². The first-order valence-electron chi connectivity index (χ1n) is 4.13. The van der Waals surface area contributed by atoms with Crippen LogP contribution in [0.3, 0.4) is 0 Å². The van der Waals surface area contributed by atoms with Crippen molar-refractivity contribution in [3.05, 3.63) is 23.3 Å². The van der Waals surface area contributed by atoms with Gasteiger partial charge in [0.2, 0.25) is 0 Å². The van der Waals surface area contributed by atoms with Gasteiger partial charge in [0.1, 0.15) is 0 Å². The standard InChI is InChI=1S/C10H12O4/c1-6-3-7(5-9(12)13)4-8(11)10(6)14-2/h3-4,11H,5H2,1-2H3,(H,12,13). The van der Waals surface area contributed by atoms with Gasteiger partial charge in [0.15, 0.2) is 11.5 Å². The molecule has 76 valence electrons. The number of aromatic hydroxyl groups is 1. The molecule has 1 rings (SSSR count). The average molecular weight is 196 g/mol. The van der Waals surface area contributed by atoms with Crippen molar-refractivity contribution in [1.82, 2.24) is 0 Å². The van der Waals surface area contributed by atoms with Gasteiger partial charge < -0.3 is 14.9 Å². The van der Waals surface area contributed by atoms with E-state index in [0.29, 0.717) is 11.3 Å². The molecule has 4 heteroatoms. The maximum absolute atomic E-state index is 10.4. The zero-order valence-corrected chi connectivity index (χ0v) is 8.07. The minimum absolute atomic E-state index is 0.0243. The van der Waals surface area contributed by atoms with Crippen molar-refractivity contribution in [2.45, 2.75) is 13.3 Å². The van der Waals surface area contributed by atoms with Crippen LogP contribution in [0.15, 0.2) is 12.1 Å². The Hall–Kier alpha value is -1.71. The number of ether oxygens (including phenoxy) is 1. The van der Waals surface area contributed by atoms with Crippen molar-refractivity contribution < 1.29 is 19.7 Å². The molecule has 0 aliphatic heterocycles. The summed E-state index contributed by atoms with van der Waals surface area (Å²) >= 11 is 0. The van der Waals surface area contributed by atoms with Gasteiger partial charge in [-0.2, -0.15) is 0 Å². The number of phenolic OH excluding ortho intramolecular Hbond substituents is 1. The van der Waals surface area contributed by atoms with Crippen molar-refractivity contribution in [3.8, 4) is 11.5 Å². The van der Waals surface area contributed by atoms with Gasteiger partial charge in [-0.3, -0.25) is 4.79 Å². The van der Waals surface area contributed by atoms with E-state index in [1.807, 2.05) is 0 Å². The van der Waals surface area contributed by atoms with Crippen LogP contribution >= 0.6 is 0 Å². The van der Waals surface area contributed by atoms with E-state index < -0.39 is 5.97 Å². The first kappa shape index (κ1) is 10.4. The van der Waals surface area contributed by atoms with Gasteiger partial charge in [-0.1, -0.05) is 6.07 Å². The van der Waals surface area contributed by atoms with Gasteiger partial charge in [0.05, 0.1) is 13.5 Å². The zero-order chi connectivity index (χ0) is 10.7. The maximum Gasteiger partial charge on any atom is 0.307 e. The largest absolute Gasteiger partial charge is 0.504 e. The topological polar surface area (TPSA) is 66.8 Å². The van der Waals surface area contributed by atoms with Gasteiger partial charge in [-0.25, -0.2) is 0 Å². The summed E-state index contributed by atoms with van der Waals surface area (Å²) in [4.78, 5) is 10.4. The molecule has 14 heavy (non-hydrogen) atoms. The molecule has 0 aromatic heterocycles. The highest BCUT2D eigenvalue weighted by Gasteiger charge is 2.09. The number of rotatable bonds is 3. The summed E-state index contributed by atoms with van der Waals surface area (Å²) in [5, 5.41) is 18.0. The molecule has 1 aromatic carbocycles. The van der Waals surface area contributed by atoms with Crippen LogP contribution in [0.25, 0.3) is 0 Å². The highest BCUT2D eigenvalue weighted by atomic mass is 16.5. The van der Waals surface area contributed by atoms with Crippen molar-refractivity contribution >= 4 is 5.97 Å². The van der Waals surface area contributed by atoms with Crippen LogP contribution in [-0.4, -0.2) is 23.3 Å². The van der Waals surface area contributed by atoms with Crippen molar-refractivity contribution in [2.24, 2.45) is 0 Å². The van der Waals surface area contributed by atoms with E-state index in [1.54, 1.807) is 13.0 Å². The van der Waals surface area contributed by atoms with Crippen molar-refractivity contribution in [1.29, 1.82) is 0 Å². The quantitative estimate of drug-likeness (QED) is 0.765. The Morgan fingerprint density at radius 1 is 1.50 bits per heavy atom. The van der Waals surface area contributed by atoms with Crippen LogP contribution in [-0.2, 0) is 11.2 Å². The lowest BCUT2D eigenvalue weighted by Crippen LogP contribution is -2.00. The number of carboxylic acids is 1. The second kappa shape index (κ2) is 4.00. The molecule has 0 radical (unpaired) electrons. The van der Waals surface area contributed by atoms with Crippen LogP contribution < -0.4 is 4.74 Å². The Labute approximate surface area is 81.8 Å². The van der Waals surface area contributed by atoms with E-state index in [-0.39, 0.29) is 12.2 Å². The first-order chi connectivity index (χ1) is 6.54. The predicted molar refractivity (Wildman–Crippen MR) is 50.7 cm³/mol. The van der Waals surface area contributed by atoms with Gasteiger partial charge in [0, 0.05) is 0 Å². The Morgan fingerprint density at radius 3 is 2.57 bits per heavy atom. The molecule has 0 bridgehead atoms. The van der Waals surface area contributed by atoms with E-state index in [1.165, 1.54) is 13.2 Å². The molecule has 0 aliphatic rings. The van der Waals surface area contributed by atoms with Gasteiger partial charge >= 0.3 is 5.97 Å². The first-order valence-corrected chi connectivity index (χ1v) is 4.13. The fraction of sp³-hybridized carbons (Fsp3) is 0.300. The third-order valence-corrected chi connectivity index (χ3v) is 1.87. The fourth-order valence-corrected chi connectivity index (χ4v) is 1.37. The number of methoxy groups -OCH3 is 1. The molecule has 1 aromatic rings. The number of phenols is 1. The minimum Gasteiger partial charge on any atom is -0.504 e. The van der Waals surface area contributed by atoms with E-state index in [2.05, 4.69) is 0 Å². The average Bonchev–Trinajstić information content (AvgIpc) is 2.01. The molecule has 0 heterocycles. The highest BCUT2D eigenvalue weighted by Crippen LogP contribution is 2.30. The minimum atomic E-state index is -0.922. The van der Waals surface area contributed by atoms with Gasteiger partial charge in [0.25, 0.3) is 0 Å². The second-order valence-electron chi connectivity index (χ2n) is 3.04.